The summed E-state index contributed by atoms with van der Waals surface area (Å²) in [5.74, 6) is -0.373. The van der Waals surface area contributed by atoms with Crippen molar-refractivity contribution in [1.29, 1.82) is 0 Å². The van der Waals surface area contributed by atoms with Gasteiger partial charge in [0.25, 0.3) is 0 Å². The third-order valence-electron chi connectivity index (χ3n) is 2.82. The fourth-order valence-corrected chi connectivity index (χ4v) is 2.31. The van der Waals surface area contributed by atoms with Crippen molar-refractivity contribution in [2.45, 2.75) is 6.42 Å². The number of anilines is 1. The van der Waals surface area contributed by atoms with E-state index in [1.165, 1.54) is 0 Å². The van der Waals surface area contributed by atoms with Crippen molar-refractivity contribution in [3.05, 3.63) is 28.2 Å². The number of carboxylic acid groups (broad SMARTS) is 1. The highest BCUT2D eigenvalue weighted by Crippen LogP contribution is 2.24. The largest absolute Gasteiger partial charge is 0.478 e. The number of nitrogens with one attached hydrogen (secondary N) is 1. The van der Waals surface area contributed by atoms with Gasteiger partial charge in [0.05, 0.1) is 12.2 Å². The summed E-state index contributed by atoms with van der Waals surface area (Å²) in [5, 5.41) is 12.1. The van der Waals surface area contributed by atoms with E-state index in [0.29, 0.717) is 5.92 Å². The molecule has 1 unspecified atom stereocenters. The lowest BCUT2D eigenvalue weighted by molar-refractivity contribution is 0.0697. The first-order valence-electron chi connectivity index (χ1n) is 5.51. The molecule has 0 amide bonds. The first kappa shape index (κ1) is 12.4. The smallest absolute Gasteiger partial charge is 0.335 e. The summed E-state index contributed by atoms with van der Waals surface area (Å²) < 4.78 is 6.07. The Bertz CT molecular complexity index is 416. The Kier molecular flexibility index (Phi) is 4.02. The lowest BCUT2D eigenvalue weighted by atomic mass is 10.1. The predicted molar refractivity (Wildman–Crippen MR) is 68.5 cm³/mol. The van der Waals surface area contributed by atoms with Crippen molar-refractivity contribution in [3.8, 4) is 0 Å². The highest BCUT2D eigenvalue weighted by Gasteiger charge is 2.15. The van der Waals surface area contributed by atoms with E-state index in [1.54, 1.807) is 18.2 Å². The van der Waals surface area contributed by atoms with Crippen LogP contribution in [0.5, 0.6) is 0 Å². The summed E-state index contributed by atoms with van der Waals surface area (Å²) in [6.45, 7) is 2.49. The average molecular weight is 300 g/mol. The molecule has 17 heavy (non-hydrogen) atoms. The fourth-order valence-electron chi connectivity index (χ4n) is 1.79. The molecule has 4 nitrogen and oxygen atoms in total. The van der Waals surface area contributed by atoms with Crippen LogP contribution >= 0.6 is 15.9 Å². The van der Waals surface area contributed by atoms with Gasteiger partial charge in [-0.1, -0.05) is 0 Å². The van der Waals surface area contributed by atoms with E-state index in [-0.39, 0.29) is 5.56 Å². The van der Waals surface area contributed by atoms with E-state index in [4.69, 9.17) is 9.84 Å². The topological polar surface area (TPSA) is 58.6 Å². The van der Waals surface area contributed by atoms with E-state index in [9.17, 15) is 4.79 Å². The van der Waals surface area contributed by atoms with E-state index in [1.807, 2.05) is 0 Å². The summed E-state index contributed by atoms with van der Waals surface area (Å²) in [6, 6.07) is 4.99. The van der Waals surface area contributed by atoms with Gasteiger partial charge in [0.2, 0.25) is 0 Å². The van der Waals surface area contributed by atoms with Crippen LogP contribution in [0.1, 0.15) is 16.8 Å². The number of halogens is 1. The normalized spacial score (nSPS) is 19.2. The Morgan fingerprint density at radius 2 is 2.41 bits per heavy atom. The van der Waals surface area contributed by atoms with E-state index in [2.05, 4.69) is 21.2 Å². The van der Waals surface area contributed by atoms with Gasteiger partial charge in [-0.05, 0) is 40.5 Å². The maximum Gasteiger partial charge on any atom is 0.335 e. The molecular weight excluding hydrogens is 286 g/mol. The lowest BCUT2D eigenvalue weighted by Gasteiger charge is -2.12. The number of hydrogen-bond acceptors (Lipinski definition) is 3. The van der Waals surface area contributed by atoms with Crippen molar-refractivity contribution in [2.24, 2.45) is 5.92 Å². The van der Waals surface area contributed by atoms with Gasteiger partial charge in [-0.3, -0.25) is 0 Å². The third-order valence-corrected chi connectivity index (χ3v) is 3.48. The number of hydrogen-bond donors (Lipinski definition) is 2. The number of carboxylic acids is 1. The molecule has 1 atom stereocenters. The van der Waals surface area contributed by atoms with Crippen molar-refractivity contribution >= 4 is 27.6 Å². The monoisotopic (exact) mass is 299 g/mol. The number of benzene rings is 1. The molecule has 1 aliphatic heterocycles. The van der Waals surface area contributed by atoms with E-state index < -0.39 is 5.97 Å². The molecule has 1 saturated heterocycles. The second-order valence-corrected chi connectivity index (χ2v) is 4.96. The van der Waals surface area contributed by atoms with Crippen LogP contribution in [0.4, 0.5) is 5.69 Å². The van der Waals surface area contributed by atoms with Crippen LogP contribution in [0.25, 0.3) is 0 Å². The molecule has 0 aliphatic carbocycles. The zero-order chi connectivity index (χ0) is 12.3. The van der Waals surface area contributed by atoms with Crippen LogP contribution in [0, 0.1) is 5.92 Å². The summed E-state index contributed by atoms with van der Waals surface area (Å²) in [5.41, 5.74) is 1.20. The van der Waals surface area contributed by atoms with Gasteiger partial charge >= 0.3 is 5.97 Å². The zero-order valence-electron chi connectivity index (χ0n) is 9.28. The molecule has 92 valence electrons. The molecule has 1 fully saturated rings. The molecule has 5 heteroatoms. The van der Waals surface area contributed by atoms with Gasteiger partial charge in [-0.25, -0.2) is 4.79 Å². The molecule has 1 aromatic rings. The molecular formula is C12H14BrNO3. The van der Waals surface area contributed by atoms with Crippen LogP contribution < -0.4 is 5.32 Å². The highest BCUT2D eigenvalue weighted by atomic mass is 79.9. The molecule has 0 aromatic heterocycles. The van der Waals surface area contributed by atoms with Crippen LogP contribution in [-0.4, -0.2) is 30.8 Å². The van der Waals surface area contributed by atoms with Crippen LogP contribution in [0.2, 0.25) is 0 Å². The maximum atomic E-state index is 10.8. The summed E-state index contributed by atoms with van der Waals surface area (Å²) in [7, 11) is 0. The standard InChI is InChI=1S/C12H14BrNO3/c13-10-5-9(12(15)16)1-2-11(10)14-6-8-3-4-17-7-8/h1-2,5,8,14H,3-4,6-7H2,(H,15,16). The molecule has 1 aliphatic rings. The van der Waals surface area contributed by atoms with Gasteiger partial charge in [-0.15, -0.1) is 0 Å². The first-order chi connectivity index (χ1) is 8.16. The number of carbonyl (C=O) groups is 1. The van der Waals surface area contributed by atoms with Gasteiger partial charge in [0.1, 0.15) is 0 Å². The maximum absolute atomic E-state index is 10.8. The third kappa shape index (κ3) is 3.20. The first-order valence-corrected chi connectivity index (χ1v) is 6.30. The average Bonchev–Trinajstić information content (AvgIpc) is 2.80. The van der Waals surface area contributed by atoms with Gasteiger partial charge < -0.3 is 15.2 Å². The number of aromatic carboxylic acids is 1. The van der Waals surface area contributed by atoms with Gasteiger partial charge in [-0.2, -0.15) is 0 Å². The van der Waals surface area contributed by atoms with Crippen molar-refractivity contribution < 1.29 is 14.6 Å². The summed E-state index contributed by atoms with van der Waals surface area (Å²) >= 11 is 3.37. The lowest BCUT2D eigenvalue weighted by Crippen LogP contribution is -2.14. The molecule has 0 saturated carbocycles. The van der Waals surface area contributed by atoms with Crippen LogP contribution in [-0.2, 0) is 4.74 Å². The molecule has 0 radical (unpaired) electrons. The predicted octanol–water partition coefficient (Wildman–Crippen LogP) is 2.60. The number of rotatable bonds is 4. The van der Waals surface area contributed by atoms with Crippen LogP contribution in [0.3, 0.4) is 0 Å². The molecule has 0 bridgehead atoms. The summed E-state index contributed by atoms with van der Waals surface area (Å²) in [6.07, 6.45) is 1.08. The Balaban J connectivity index is 1.98. The molecule has 1 aromatic carbocycles. The minimum atomic E-state index is -0.915. The molecule has 2 N–H and O–H groups in total. The second kappa shape index (κ2) is 5.51. The fraction of sp³-hybridized carbons (Fsp3) is 0.417. The minimum absolute atomic E-state index is 0.284. The zero-order valence-corrected chi connectivity index (χ0v) is 10.9. The Morgan fingerprint density at radius 3 is 3.00 bits per heavy atom. The Morgan fingerprint density at radius 1 is 1.59 bits per heavy atom. The quantitative estimate of drug-likeness (QED) is 0.897. The number of ether oxygens (including phenoxy) is 1. The van der Waals surface area contributed by atoms with Gasteiger partial charge in [0, 0.05) is 29.2 Å². The van der Waals surface area contributed by atoms with Gasteiger partial charge in [0.15, 0.2) is 0 Å². The van der Waals surface area contributed by atoms with Crippen molar-refractivity contribution in [3.63, 3.8) is 0 Å². The van der Waals surface area contributed by atoms with E-state index >= 15 is 0 Å². The second-order valence-electron chi connectivity index (χ2n) is 4.11. The SMILES string of the molecule is O=C(O)c1ccc(NCC2CCOC2)c(Br)c1. The molecule has 2 rings (SSSR count). The Hall–Kier alpha value is -1.07. The van der Waals surface area contributed by atoms with Crippen molar-refractivity contribution in [1.82, 2.24) is 0 Å². The Labute approximate surface area is 108 Å². The highest BCUT2D eigenvalue weighted by molar-refractivity contribution is 9.10. The van der Waals surface area contributed by atoms with E-state index in [0.717, 1.165) is 36.3 Å². The van der Waals surface area contributed by atoms with Crippen molar-refractivity contribution in [2.75, 3.05) is 25.1 Å². The minimum Gasteiger partial charge on any atom is -0.478 e. The van der Waals surface area contributed by atoms with Crippen LogP contribution in [0.15, 0.2) is 22.7 Å². The molecule has 1 heterocycles. The summed E-state index contributed by atoms with van der Waals surface area (Å²) in [4.78, 5) is 10.8. The molecule has 0 spiro atoms.